The lowest BCUT2D eigenvalue weighted by Crippen LogP contribution is -2.39. The van der Waals surface area contributed by atoms with Crippen molar-refractivity contribution in [1.82, 2.24) is 57.5 Å². The Morgan fingerprint density at radius 1 is 0.370 bits per heavy atom. The minimum Gasteiger partial charge on any atom is -0.317 e. The predicted molar refractivity (Wildman–Crippen MR) is 400 cm³/mol. The smallest absolute Gasteiger partial charge is 0.261 e. The second-order valence-corrected chi connectivity index (χ2v) is 33.1. The maximum Gasteiger partial charge on any atom is 0.261 e. The molecule has 0 aliphatic carbocycles. The number of imidazole rings is 3. The van der Waals surface area contributed by atoms with E-state index in [0.29, 0.717) is 82.9 Å². The van der Waals surface area contributed by atoms with Crippen LogP contribution in [0.25, 0.3) is 67.7 Å². The van der Waals surface area contributed by atoms with Gasteiger partial charge in [-0.1, -0.05) is 113 Å². The molecule has 0 bridgehead atoms. The van der Waals surface area contributed by atoms with Crippen molar-refractivity contribution in [2.45, 2.75) is 99.0 Å². The number of aromatic nitrogens is 9. The normalized spacial score (nSPS) is 15.4. The molecule has 3 aliphatic heterocycles. The SMILES string of the molecule is Cc1ccc(S(=O)(=O)Cl)cc1Cl.Cc1ccc(S(=O)(=O)N2CCC(n3c(-c4ccccc4Cl)nc4cccnc43)CC2)cc1C.Cc1ccc(S(=O)(=O)N2CCC(n3c(-c4ccccc4Cl)nc4cccnc43)CC2)cc1Cl.Clc1ccccc1-c1nc2cccnc2n1C1CCNCC1. The Morgan fingerprint density at radius 3 is 1.05 bits per heavy atom. The summed E-state index contributed by atoms with van der Waals surface area (Å²) in [5.41, 5.74) is 11.4. The van der Waals surface area contributed by atoms with E-state index < -0.39 is 29.1 Å². The molecule has 0 spiro atoms. The Balaban J connectivity index is 0.000000133. The Morgan fingerprint density at radius 2 is 0.700 bits per heavy atom. The number of rotatable bonds is 11. The number of benzene rings is 6. The van der Waals surface area contributed by atoms with Gasteiger partial charge in [-0.2, -0.15) is 8.61 Å². The summed E-state index contributed by atoms with van der Waals surface area (Å²) in [6.45, 7) is 11.3. The fraction of sp³-hybridized carbons (Fsp3) is 0.260. The number of fused-ring (bicyclic) bond motifs is 3. The molecule has 9 heterocycles. The van der Waals surface area contributed by atoms with Gasteiger partial charge < -0.3 is 19.0 Å². The van der Waals surface area contributed by atoms with Crippen LogP contribution in [0.2, 0.25) is 25.1 Å². The van der Waals surface area contributed by atoms with Crippen LogP contribution in [0.4, 0.5) is 0 Å². The summed E-state index contributed by atoms with van der Waals surface area (Å²) in [7, 11) is -5.71. The van der Waals surface area contributed by atoms with Crippen molar-refractivity contribution in [2.75, 3.05) is 39.3 Å². The van der Waals surface area contributed by atoms with Gasteiger partial charge in [-0.05, 0) is 211 Å². The van der Waals surface area contributed by atoms with E-state index in [4.69, 9.17) is 83.6 Å². The van der Waals surface area contributed by atoms with E-state index in [1.54, 1.807) is 54.0 Å². The molecule has 518 valence electrons. The van der Waals surface area contributed by atoms with Crippen LogP contribution >= 0.6 is 68.7 Å². The molecular weight excluding hydrogens is 1450 g/mol. The molecule has 0 unspecified atom stereocenters. The molecule has 0 radical (unpaired) electrons. The van der Waals surface area contributed by atoms with Crippen molar-refractivity contribution in [1.29, 1.82) is 0 Å². The number of halogens is 6. The zero-order valence-electron chi connectivity index (χ0n) is 54.9. The van der Waals surface area contributed by atoms with E-state index in [9.17, 15) is 25.3 Å². The van der Waals surface area contributed by atoms with Gasteiger partial charge in [0.25, 0.3) is 9.05 Å². The summed E-state index contributed by atoms with van der Waals surface area (Å²) in [4.78, 5) is 28.8. The minimum atomic E-state index is -3.65. The van der Waals surface area contributed by atoms with Gasteiger partial charge in [-0.15, -0.1) is 0 Å². The van der Waals surface area contributed by atoms with E-state index in [-0.39, 0.29) is 21.9 Å². The van der Waals surface area contributed by atoms with Crippen LogP contribution < -0.4 is 5.32 Å². The zero-order valence-corrected chi connectivity index (χ0v) is 61.9. The first-order valence-electron chi connectivity index (χ1n) is 32.5. The van der Waals surface area contributed by atoms with E-state index in [1.807, 2.05) is 142 Å². The maximum absolute atomic E-state index is 13.3. The predicted octanol–water partition coefficient (Wildman–Crippen LogP) is 17.4. The summed E-state index contributed by atoms with van der Waals surface area (Å²) >= 11 is 31.3. The molecular formula is C73H70Cl6N12O6S3. The number of sulfonamides is 2. The molecule has 6 aromatic carbocycles. The lowest BCUT2D eigenvalue weighted by molar-refractivity contribution is 0.278. The molecule has 15 rings (SSSR count). The van der Waals surface area contributed by atoms with Crippen molar-refractivity contribution < 1.29 is 25.3 Å². The van der Waals surface area contributed by atoms with E-state index in [2.05, 4.69) is 34.0 Å². The van der Waals surface area contributed by atoms with Crippen LogP contribution in [0.3, 0.4) is 0 Å². The van der Waals surface area contributed by atoms with Crippen molar-refractivity contribution >= 4 is 131 Å². The first-order chi connectivity index (χ1) is 48.0. The third kappa shape index (κ3) is 15.7. The lowest BCUT2D eigenvalue weighted by Gasteiger charge is -2.32. The third-order valence-corrected chi connectivity index (χ3v) is 25.2. The Labute approximate surface area is 611 Å². The number of pyridine rings is 3. The van der Waals surface area contributed by atoms with Gasteiger partial charge in [0.2, 0.25) is 20.0 Å². The van der Waals surface area contributed by atoms with Crippen molar-refractivity contribution in [3.05, 3.63) is 230 Å². The van der Waals surface area contributed by atoms with Gasteiger partial charge in [-0.25, -0.2) is 55.2 Å². The zero-order chi connectivity index (χ0) is 70.6. The molecule has 0 saturated carbocycles. The van der Waals surface area contributed by atoms with Crippen LogP contribution in [-0.2, 0) is 29.1 Å². The number of aryl methyl sites for hydroxylation is 4. The number of nitrogens with zero attached hydrogens (tertiary/aromatic N) is 11. The average molecular weight is 1520 g/mol. The third-order valence-electron chi connectivity index (χ3n) is 18.3. The first kappa shape index (κ1) is 72.4. The average Bonchev–Trinajstić information content (AvgIpc) is 1.58. The molecule has 0 amide bonds. The van der Waals surface area contributed by atoms with Gasteiger partial charge in [0.1, 0.15) is 34.0 Å². The molecule has 1 N–H and O–H groups in total. The van der Waals surface area contributed by atoms with Crippen molar-refractivity contribution in [3.63, 3.8) is 0 Å². The van der Waals surface area contributed by atoms with Crippen LogP contribution in [0.5, 0.6) is 0 Å². The van der Waals surface area contributed by atoms with Crippen LogP contribution in [-0.4, -0.2) is 117 Å². The second kappa shape index (κ2) is 31.1. The van der Waals surface area contributed by atoms with E-state index in [1.165, 1.54) is 22.5 Å². The van der Waals surface area contributed by atoms with Crippen LogP contribution in [0, 0.1) is 27.7 Å². The molecule has 3 fully saturated rings. The highest BCUT2D eigenvalue weighted by molar-refractivity contribution is 8.13. The monoisotopic (exact) mass is 1520 g/mol. The highest BCUT2D eigenvalue weighted by Gasteiger charge is 2.35. The molecule has 0 atom stereocenters. The van der Waals surface area contributed by atoms with Gasteiger partial charge in [-0.3, -0.25) is 0 Å². The highest BCUT2D eigenvalue weighted by Crippen LogP contribution is 2.40. The molecule has 18 nitrogen and oxygen atoms in total. The molecule has 27 heteroatoms. The molecule has 3 saturated heterocycles. The fourth-order valence-corrected chi connectivity index (χ4v) is 17.7. The summed E-state index contributed by atoms with van der Waals surface area (Å²) in [6.07, 6.45) is 10.1. The number of hydrogen-bond donors (Lipinski definition) is 1. The standard InChI is InChI=1S/C25H25ClN4O2S.C24H22Cl2N4O2S.C17H17ClN4.C7H6Cl2O2S/c1-17-9-10-20(16-18(17)2)33(31,32)29-14-11-19(12-15-29)30-24(21-6-3-4-7-22(21)26)28-23-8-5-13-27-25(23)30;1-16-8-9-18(15-21(16)26)33(31,32)29-13-10-17(11-14-29)30-23(19-5-2-3-6-20(19)25)28-22-7-4-12-27-24(22)30;18-14-5-2-1-4-13(14)16-21-15-6-3-9-20-17(15)22(16)12-7-10-19-11-8-12;1-5-2-3-6(4-7(5)8)12(9,10)11/h3-10,13,16,19H,11-12,14-15H2,1-2H3;2-9,12,15,17H,10-11,13-14H2,1H3;1-6,9,12,19H,7-8,10-11H2;2-4H,1H3. The first-order valence-corrected chi connectivity index (χ1v) is 39.5. The van der Waals surface area contributed by atoms with Crippen LogP contribution in [0.15, 0.2) is 197 Å². The molecule has 3 aliphatic rings. The topological polar surface area (TPSA) is 213 Å². The minimum absolute atomic E-state index is 0.0276. The van der Waals surface area contributed by atoms with Gasteiger partial charge >= 0.3 is 0 Å². The van der Waals surface area contributed by atoms with Crippen LogP contribution in [0.1, 0.15) is 78.9 Å². The molecule has 12 aromatic rings. The largest absolute Gasteiger partial charge is 0.317 e. The summed E-state index contributed by atoms with van der Waals surface area (Å²) < 4.78 is 84.2. The van der Waals surface area contributed by atoms with Crippen molar-refractivity contribution in [3.8, 4) is 34.2 Å². The van der Waals surface area contributed by atoms with Gasteiger partial charge in [0.15, 0.2) is 16.9 Å². The number of nitrogens with one attached hydrogen (secondary N) is 1. The number of hydrogen-bond acceptors (Lipinski definition) is 13. The Kier molecular flexibility index (Phi) is 22.5. The number of piperidine rings is 3. The Bertz CT molecular complexity index is 5130. The fourth-order valence-electron chi connectivity index (χ4n) is 12.7. The summed E-state index contributed by atoms with van der Waals surface area (Å²) in [6, 6.07) is 49.8. The summed E-state index contributed by atoms with van der Waals surface area (Å²) in [5, 5.41) is 6.24. The quantitative estimate of drug-likeness (QED) is 0.120. The Hall–Kier alpha value is -7.35. The lowest BCUT2D eigenvalue weighted by atomic mass is 10.1. The van der Waals surface area contributed by atoms with Crippen molar-refractivity contribution in [2.24, 2.45) is 0 Å². The van der Waals surface area contributed by atoms with E-state index >= 15 is 0 Å². The summed E-state index contributed by atoms with van der Waals surface area (Å²) in [5.74, 6) is 2.44. The van der Waals surface area contributed by atoms with Gasteiger partial charge in [0.05, 0.1) is 29.8 Å². The molecule has 100 heavy (non-hydrogen) atoms. The maximum atomic E-state index is 13.3. The van der Waals surface area contributed by atoms with Gasteiger partial charge in [0, 0.05) is 100 Å². The second-order valence-electron chi connectivity index (χ2n) is 24.7. The van der Waals surface area contributed by atoms with E-state index in [0.717, 1.165) is 121 Å². The highest BCUT2D eigenvalue weighted by atomic mass is 35.7. The molecule has 6 aromatic heterocycles.